The predicted molar refractivity (Wildman–Crippen MR) is 73.9 cm³/mol. The van der Waals surface area contributed by atoms with E-state index in [1.54, 1.807) is 12.1 Å². The number of nitrogens with two attached hydrogens (primary N) is 1. The first-order valence-electron chi connectivity index (χ1n) is 5.74. The number of methoxy groups -OCH3 is 2. The fraction of sp³-hybridized carbons (Fsp3) is 0.167. The normalized spacial score (nSPS) is 11.1. The minimum absolute atomic E-state index is 0.220. The van der Waals surface area contributed by atoms with Crippen LogP contribution < -0.4 is 26.6 Å². The molecule has 20 heavy (non-hydrogen) atoms. The fourth-order valence-electron chi connectivity index (χ4n) is 2.19. The zero-order valence-corrected chi connectivity index (χ0v) is 10.8. The molecule has 2 aromatic heterocycles. The molecule has 4 N–H and O–H groups in total. The van der Waals surface area contributed by atoms with Crippen LogP contribution in [0.5, 0.6) is 11.5 Å². The lowest BCUT2D eigenvalue weighted by molar-refractivity contribution is 0.356. The number of aromatic amines is 2. The maximum atomic E-state index is 12.0. The number of aromatic nitrogens is 3. The van der Waals surface area contributed by atoms with E-state index in [-0.39, 0.29) is 5.52 Å². The number of hydrogen-bond donors (Lipinski definition) is 3. The van der Waals surface area contributed by atoms with Crippen LogP contribution in [0.4, 0.5) is 0 Å². The molecule has 3 rings (SSSR count). The lowest BCUT2D eigenvalue weighted by Crippen LogP contribution is -2.40. The van der Waals surface area contributed by atoms with E-state index in [2.05, 4.69) is 9.97 Å². The van der Waals surface area contributed by atoms with E-state index in [1.807, 2.05) is 0 Å². The minimum atomic E-state index is -0.682. The van der Waals surface area contributed by atoms with Crippen molar-refractivity contribution in [3.05, 3.63) is 33.0 Å². The summed E-state index contributed by atoms with van der Waals surface area (Å²) in [6.45, 7) is 0. The first-order valence-corrected chi connectivity index (χ1v) is 5.74. The highest BCUT2D eigenvalue weighted by atomic mass is 16.5. The summed E-state index contributed by atoms with van der Waals surface area (Å²) >= 11 is 0. The van der Waals surface area contributed by atoms with Gasteiger partial charge >= 0.3 is 5.69 Å². The third-order valence-corrected chi connectivity index (χ3v) is 3.19. The Morgan fingerprint density at radius 3 is 2.35 bits per heavy atom. The standard InChI is InChI=1S/C12H12N4O4/c1-19-7-3-5-6(4-8(7)20-2)14-10-9(5)15-12(18)16(13)11(10)17/h3-4,14H,13H2,1-2H3,(H,15,18). The van der Waals surface area contributed by atoms with Gasteiger partial charge in [-0.1, -0.05) is 0 Å². The summed E-state index contributed by atoms with van der Waals surface area (Å²) in [6, 6.07) is 3.37. The van der Waals surface area contributed by atoms with E-state index in [1.165, 1.54) is 14.2 Å². The van der Waals surface area contributed by atoms with Crippen LogP contribution in [-0.2, 0) is 0 Å². The monoisotopic (exact) mass is 276 g/mol. The smallest absolute Gasteiger partial charge is 0.347 e. The van der Waals surface area contributed by atoms with Gasteiger partial charge in [0.15, 0.2) is 11.5 Å². The van der Waals surface area contributed by atoms with Crippen molar-refractivity contribution in [1.29, 1.82) is 0 Å². The third-order valence-electron chi connectivity index (χ3n) is 3.19. The molecule has 0 spiro atoms. The van der Waals surface area contributed by atoms with Crippen LogP contribution in [-0.4, -0.2) is 28.9 Å². The molecule has 8 heteroatoms. The van der Waals surface area contributed by atoms with E-state index in [4.69, 9.17) is 15.3 Å². The lowest BCUT2D eigenvalue weighted by Gasteiger charge is -2.06. The maximum Gasteiger partial charge on any atom is 0.347 e. The molecule has 2 heterocycles. The van der Waals surface area contributed by atoms with Crippen LogP contribution in [0.15, 0.2) is 21.7 Å². The SMILES string of the molecule is COc1cc2[nH]c3c(=O)n(N)c(=O)[nH]c3c2cc1OC. The van der Waals surface area contributed by atoms with Crippen LogP contribution in [0.25, 0.3) is 21.9 Å². The van der Waals surface area contributed by atoms with Crippen LogP contribution in [0.3, 0.4) is 0 Å². The van der Waals surface area contributed by atoms with Crippen LogP contribution in [0.1, 0.15) is 0 Å². The Kier molecular flexibility index (Phi) is 2.46. The Bertz CT molecular complexity index is 934. The number of nitrogens with one attached hydrogen (secondary N) is 2. The van der Waals surface area contributed by atoms with Crippen LogP contribution in [0.2, 0.25) is 0 Å². The average Bonchev–Trinajstić information content (AvgIpc) is 2.81. The molecule has 0 atom stereocenters. The van der Waals surface area contributed by atoms with E-state index in [9.17, 15) is 9.59 Å². The van der Waals surface area contributed by atoms with Crippen LogP contribution in [0, 0.1) is 0 Å². The molecule has 0 radical (unpaired) electrons. The number of benzene rings is 1. The van der Waals surface area contributed by atoms with Gasteiger partial charge < -0.3 is 25.3 Å². The van der Waals surface area contributed by atoms with Crippen molar-refractivity contribution < 1.29 is 9.47 Å². The Labute approximate surface area is 111 Å². The molecular formula is C12H12N4O4. The largest absolute Gasteiger partial charge is 0.493 e. The third kappa shape index (κ3) is 1.48. The van der Waals surface area contributed by atoms with Crippen LogP contribution >= 0.6 is 0 Å². The Balaban J connectivity index is 2.53. The van der Waals surface area contributed by atoms with Gasteiger partial charge in [0.2, 0.25) is 0 Å². The van der Waals surface area contributed by atoms with E-state index < -0.39 is 11.2 Å². The first kappa shape index (κ1) is 12.2. The molecule has 104 valence electrons. The van der Waals surface area contributed by atoms with Crippen molar-refractivity contribution in [2.75, 3.05) is 20.1 Å². The quantitative estimate of drug-likeness (QED) is 0.565. The van der Waals surface area contributed by atoms with Crippen molar-refractivity contribution in [3.8, 4) is 11.5 Å². The van der Waals surface area contributed by atoms with E-state index in [0.29, 0.717) is 32.6 Å². The second kappa shape index (κ2) is 4.05. The number of hydrogen-bond acceptors (Lipinski definition) is 5. The fourth-order valence-corrected chi connectivity index (χ4v) is 2.19. The number of nitrogens with zero attached hydrogens (tertiary/aromatic N) is 1. The molecule has 8 nitrogen and oxygen atoms in total. The maximum absolute atomic E-state index is 12.0. The molecule has 0 amide bonds. The van der Waals surface area contributed by atoms with Crippen molar-refractivity contribution in [2.45, 2.75) is 0 Å². The topological polar surface area (TPSA) is 115 Å². The molecule has 0 aliphatic heterocycles. The molecule has 3 aromatic rings. The van der Waals surface area contributed by atoms with Gasteiger partial charge in [0.1, 0.15) is 5.52 Å². The van der Waals surface area contributed by atoms with Gasteiger partial charge in [0.25, 0.3) is 5.56 Å². The zero-order chi connectivity index (χ0) is 14.4. The molecule has 0 saturated heterocycles. The number of nitrogen functional groups attached to an aromatic ring is 1. The van der Waals surface area contributed by atoms with Crippen molar-refractivity contribution in [2.24, 2.45) is 0 Å². The molecule has 0 saturated carbocycles. The summed E-state index contributed by atoms with van der Waals surface area (Å²) in [5.41, 5.74) is -0.0391. The summed E-state index contributed by atoms with van der Waals surface area (Å²) in [4.78, 5) is 29.0. The summed E-state index contributed by atoms with van der Waals surface area (Å²) in [7, 11) is 3.02. The molecule has 0 bridgehead atoms. The summed E-state index contributed by atoms with van der Waals surface area (Å²) in [5, 5.41) is 0.646. The van der Waals surface area contributed by atoms with Crippen molar-refractivity contribution in [1.82, 2.24) is 14.6 Å². The number of H-pyrrole nitrogens is 2. The van der Waals surface area contributed by atoms with E-state index in [0.717, 1.165) is 0 Å². The van der Waals surface area contributed by atoms with E-state index >= 15 is 0 Å². The molecule has 0 aliphatic carbocycles. The van der Waals surface area contributed by atoms with Gasteiger partial charge in [-0.3, -0.25) is 4.79 Å². The summed E-state index contributed by atoms with van der Waals surface area (Å²) in [5.74, 6) is 6.39. The number of ether oxygens (including phenoxy) is 2. The second-order valence-electron chi connectivity index (χ2n) is 4.23. The van der Waals surface area contributed by atoms with Gasteiger partial charge in [-0.15, -0.1) is 0 Å². The minimum Gasteiger partial charge on any atom is -0.493 e. The van der Waals surface area contributed by atoms with Gasteiger partial charge in [0.05, 0.1) is 25.3 Å². The molecule has 1 aromatic carbocycles. The molecule has 0 unspecified atom stereocenters. The number of rotatable bonds is 2. The van der Waals surface area contributed by atoms with Gasteiger partial charge in [-0.25, -0.2) is 4.79 Å². The van der Waals surface area contributed by atoms with Gasteiger partial charge in [-0.2, -0.15) is 4.68 Å². The summed E-state index contributed by atoms with van der Waals surface area (Å²) < 4.78 is 10.9. The zero-order valence-electron chi connectivity index (χ0n) is 10.8. The predicted octanol–water partition coefficient (Wildman–Crippen LogP) is -0.0979. The average molecular weight is 276 g/mol. The Morgan fingerprint density at radius 1 is 1.05 bits per heavy atom. The highest BCUT2D eigenvalue weighted by Crippen LogP contribution is 2.33. The lowest BCUT2D eigenvalue weighted by atomic mass is 10.2. The van der Waals surface area contributed by atoms with Gasteiger partial charge in [-0.05, 0) is 6.07 Å². The Morgan fingerprint density at radius 2 is 1.70 bits per heavy atom. The van der Waals surface area contributed by atoms with Crippen molar-refractivity contribution >= 4 is 21.9 Å². The van der Waals surface area contributed by atoms with Crippen molar-refractivity contribution in [3.63, 3.8) is 0 Å². The highest BCUT2D eigenvalue weighted by Gasteiger charge is 2.14. The first-order chi connectivity index (χ1) is 9.56. The number of fused-ring (bicyclic) bond motifs is 3. The summed E-state index contributed by atoms with van der Waals surface area (Å²) in [6.07, 6.45) is 0. The molecular weight excluding hydrogens is 264 g/mol. The second-order valence-corrected chi connectivity index (χ2v) is 4.23. The highest BCUT2D eigenvalue weighted by molar-refractivity contribution is 6.05. The Hall–Kier alpha value is -2.90. The van der Waals surface area contributed by atoms with Gasteiger partial charge in [0, 0.05) is 11.5 Å². The molecule has 0 aliphatic rings. The molecule has 0 fully saturated rings.